The van der Waals surface area contributed by atoms with Crippen molar-refractivity contribution in [2.24, 2.45) is 0 Å². The van der Waals surface area contributed by atoms with E-state index in [1.165, 1.54) is 9.87 Å². The Morgan fingerprint density at radius 2 is 1.66 bits per heavy atom. The van der Waals surface area contributed by atoms with E-state index in [9.17, 15) is 13.2 Å². The molecule has 0 spiro atoms. The highest BCUT2D eigenvalue weighted by molar-refractivity contribution is 7.91. The Bertz CT molecular complexity index is 1200. The van der Waals surface area contributed by atoms with E-state index >= 15 is 0 Å². The van der Waals surface area contributed by atoms with E-state index in [2.05, 4.69) is 22.9 Å². The van der Waals surface area contributed by atoms with Crippen LogP contribution in [-0.2, 0) is 28.0 Å². The lowest BCUT2D eigenvalue weighted by atomic mass is 10.1. The van der Waals surface area contributed by atoms with Gasteiger partial charge in [0.1, 0.15) is 18.6 Å². The number of ether oxygens (including phenoxy) is 1. The van der Waals surface area contributed by atoms with Crippen LogP contribution in [-0.4, -0.2) is 27.3 Å². The number of nitrogens with one attached hydrogen (secondary N) is 1. The minimum atomic E-state index is -3.82. The summed E-state index contributed by atoms with van der Waals surface area (Å²) in [6.45, 7) is 0.320. The molecule has 0 amide bonds. The molecule has 0 aliphatic carbocycles. The molecule has 0 aromatic heterocycles. The van der Waals surface area contributed by atoms with E-state index in [0.29, 0.717) is 24.3 Å². The molecular formula is C25H24N2O4S. The molecule has 1 heterocycles. The zero-order valence-corrected chi connectivity index (χ0v) is 18.2. The molecule has 32 heavy (non-hydrogen) atoms. The van der Waals surface area contributed by atoms with Crippen molar-refractivity contribution in [1.29, 1.82) is 0 Å². The van der Waals surface area contributed by atoms with Gasteiger partial charge in [-0.1, -0.05) is 78.9 Å². The molecule has 0 radical (unpaired) electrons. The minimum absolute atomic E-state index is 0.0245. The number of carbonyl (C=O) groups excluding carboxylic acids is 1. The summed E-state index contributed by atoms with van der Waals surface area (Å²) >= 11 is 0. The van der Waals surface area contributed by atoms with Crippen LogP contribution in [0, 0.1) is 0 Å². The molecule has 1 saturated heterocycles. The number of hydrogen-bond acceptors (Lipinski definition) is 4. The van der Waals surface area contributed by atoms with Gasteiger partial charge in [-0.3, -0.25) is 4.31 Å². The third kappa shape index (κ3) is 5.25. The van der Waals surface area contributed by atoms with Crippen LogP contribution in [0.1, 0.15) is 16.7 Å². The van der Waals surface area contributed by atoms with Gasteiger partial charge in [-0.2, -0.15) is 13.1 Å². The maximum atomic E-state index is 12.6. The maximum Gasteiger partial charge on any atom is 0.302 e. The third-order valence-corrected chi connectivity index (χ3v) is 6.64. The third-order valence-electron chi connectivity index (χ3n) is 5.11. The van der Waals surface area contributed by atoms with Crippen LogP contribution < -0.4 is 13.8 Å². The van der Waals surface area contributed by atoms with Gasteiger partial charge in [0.25, 0.3) is 0 Å². The van der Waals surface area contributed by atoms with Gasteiger partial charge < -0.3 is 9.53 Å². The van der Waals surface area contributed by atoms with E-state index in [4.69, 9.17) is 4.74 Å². The first-order valence-corrected chi connectivity index (χ1v) is 11.8. The van der Waals surface area contributed by atoms with E-state index in [1.807, 2.05) is 66.7 Å². The summed E-state index contributed by atoms with van der Waals surface area (Å²) in [5.74, 6) is 0.438. The summed E-state index contributed by atoms with van der Waals surface area (Å²) in [5.41, 5.74) is 3.47. The lowest BCUT2D eigenvalue weighted by molar-refractivity contribution is -0.108. The summed E-state index contributed by atoms with van der Waals surface area (Å²) in [7, 11) is -3.82. The van der Waals surface area contributed by atoms with Crippen molar-refractivity contribution in [1.82, 2.24) is 4.72 Å². The zero-order chi connectivity index (χ0) is 22.4. The van der Waals surface area contributed by atoms with Crippen molar-refractivity contribution >= 4 is 28.3 Å². The van der Waals surface area contributed by atoms with E-state index in [0.717, 1.165) is 17.5 Å². The first kappa shape index (κ1) is 21.8. The van der Waals surface area contributed by atoms with Gasteiger partial charge in [0.05, 0.1) is 18.3 Å². The van der Waals surface area contributed by atoms with Gasteiger partial charge >= 0.3 is 10.2 Å². The molecule has 6 nitrogen and oxygen atoms in total. The van der Waals surface area contributed by atoms with Crippen molar-refractivity contribution < 1.29 is 17.9 Å². The SMILES string of the molecule is O=CC1CN(c2ccc(/C=C/Cc3ccccc3)cc2OCc2ccccc2)S(=O)(=O)N1. The second-order valence-corrected chi connectivity index (χ2v) is 9.12. The average Bonchev–Trinajstić information content (AvgIpc) is 3.13. The van der Waals surface area contributed by atoms with Crippen molar-refractivity contribution in [3.05, 3.63) is 102 Å². The topological polar surface area (TPSA) is 75.7 Å². The molecule has 4 rings (SSSR count). The Hall–Kier alpha value is -3.42. The van der Waals surface area contributed by atoms with Crippen molar-refractivity contribution in [2.75, 3.05) is 10.8 Å². The largest absolute Gasteiger partial charge is 0.487 e. The molecule has 0 bridgehead atoms. The molecule has 1 N–H and O–H groups in total. The van der Waals surface area contributed by atoms with Crippen LogP contribution >= 0.6 is 0 Å². The molecule has 0 saturated carbocycles. The van der Waals surface area contributed by atoms with Crippen LogP contribution in [0.15, 0.2) is 84.9 Å². The van der Waals surface area contributed by atoms with Gasteiger partial charge in [0.15, 0.2) is 0 Å². The molecule has 3 aromatic carbocycles. The van der Waals surface area contributed by atoms with Gasteiger partial charge in [-0.25, -0.2) is 0 Å². The van der Waals surface area contributed by atoms with Crippen molar-refractivity contribution in [3.63, 3.8) is 0 Å². The number of nitrogens with zero attached hydrogens (tertiary/aromatic N) is 1. The Morgan fingerprint density at radius 3 is 2.31 bits per heavy atom. The summed E-state index contributed by atoms with van der Waals surface area (Å²) in [5, 5.41) is 0. The monoisotopic (exact) mass is 448 g/mol. The average molecular weight is 449 g/mol. The first-order valence-electron chi connectivity index (χ1n) is 10.3. The molecule has 164 valence electrons. The van der Waals surface area contributed by atoms with E-state index < -0.39 is 16.3 Å². The number of anilines is 1. The smallest absolute Gasteiger partial charge is 0.302 e. The fourth-order valence-corrected chi connectivity index (χ4v) is 4.91. The number of aldehydes is 1. The quantitative estimate of drug-likeness (QED) is 0.533. The summed E-state index contributed by atoms with van der Waals surface area (Å²) in [4.78, 5) is 11.2. The number of benzene rings is 3. The fraction of sp³-hybridized carbons (Fsp3) is 0.160. The highest BCUT2D eigenvalue weighted by Crippen LogP contribution is 2.34. The highest BCUT2D eigenvalue weighted by Gasteiger charge is 2.36. The zero-order valence-electron chi connectivity index (χ0n) is 17.4. The number of hydrogen-bond donors (Lipinski definition) is 1. The Kier molecular flexibility index (Phi) is 6.68. The predicted octanol–water partition coefficient (Wildman–Crippen LogP) is 3.74. The maximum absolute atomic E-state index is 12.6. The standard InChI is InChI=1S/C25H24N2O4S/c28-18-23-17-27(32(29,30)26-23)24-15-14-21(13-7-12-20-8-3-1-4-9-20)16-25(24)31-19-22-10-5-2-6-11-22/h1-11,13-16,18,23,26H,12,17,19H2/b13-7+. The van der Waals surface area contributed by atoms with Crippen molar-refractivity contribution in [3.8, 4) is 5.75 Å². The second-order valence-electron chi connectivity index (χ2n) is 7.49. The van der Waals surface area contributed by atoms with Crippen LogP contribution in [0.25, 0.3) is 6.08 Å². The molecule has 3 aromatic rings. The van der Waals surface area contributed by atoms with Gasteiger partial charge in [0.2, 0.25) is 0 Å². The normalized spacial score (nSPS) is 17.5. The summed E-state index contributed by atoms with van der Waals surface area (Å²) in [6.07, 6.45) is 5.43. The van der Waals surface area contributed by atoms with E-state index in [-0.39, 0.29) is 6.54 Å². The fourth-order valence-electron chi connectivity index (χ4n) is 3.50. The van der Waals surface area contributed by atoms with Crippen LogP contribution in [0.3, 0.4) is 0 Å². The first-order chi connectivity index (χ1) is 15.5. The number of carbonyl (C=O) groups is 1. The van der Waals surface area contributed by atoms with Gasteiger partial charge in [-0.15, -0.1) is 0 Å². The van der Waals surface area contributed by atoms with E-state index in [1.54, 1.807) is 6.07 Å². The molecule has 1 aliphatic heterocycles. The Morgan fingerprint density at radius 1 is 0.969 bits per heavy atom. The lowest BCUT2D eigenvalue weighted by Gasteiger charge is -2.20. The highest BCUT2D eigenvalue weighted by atomic mass is 32.2. The van der Waals surface area contributed by atoms with Gasteiger partial charge in [0, 0.05) is 0 Å². The molecule has 1 atom stereocenters. The second kappa shape index (κ2) is 9.80. The summed E-state index contributed by atoms with van der Waals surface area (Å²) < 4.78 is 34.7. The molecule has 1 fully saturated rings. The molecule has 1 unspecified atom stereocenters. The number of allylic oxidation sites excluding steroid dienone is 1. The van der Waals surface area contributed by atoms with Crippen LogP contribution in [0.5, 0.6) is 5.75 Å². The van der Waals surface area contributed by atoms with Crippen LogP contribution in [0.2, 0.25) is 0 Å². The molecular weight excluding hydrogens is 424 g/mol. The minimum Gasteiger partial charge on any atom is -0.487 e. The van der Waals surface area contributed by atoms with Crippen LogP contribution in [0.4, 0.5) is 5.69 Å². The molecule has 1 aliphatic rings. The molecule has 7 heteroatoms. The summed E-state index contributed by atoms with van der Waals surface area (Å²) in [6, 6.07) is 24.4. The van der Waals surface area contributed by atoms with Gasteiger partial charge in [-0.05, 0) is 35.2 Å². The Balaban J connectivity index is 1.60. The predicted molar refractivity (Wildman–Crippen MR) is 126 cm³/mol. The Labute approximate surface area is 188 Å². The number of rotatable bonds is 8. The lowest BCUT2D eigenvalue weighted by Crippen LogP contribution is -2.30. The van der Waals surface area contributed by atoms with Crippen molar-refractivity contribution in [2.45, 2.75) is 19.1 Å².